The van der Waals surface area contributed by atoms with Crippen LogP contribution in [0.4, 0.5) is 10.5 Å². The van der Waals surface area contributed by atoms with Crippen LogP contribution in [0.25, 0.3) is 0 Å². The van der Waals surface area contributed by atoms with Crippen molar-refractivity contribution in [3.05, 3.63) is 30.3 Å². The van der Waals surface area contributed by atoms with Gasteiger partial charge >= 0.3 is 6.09 Å². The van der Waals surface area contributed by atoms with Crippen molar-refractivity contribution in [1.82, 2.24) is 4.59 Å². The van der Waals surface area contributed by atoms with Crippen molar-refractivity contribution in [3.63, 3.8) is 0 Å². The minimum absolute atomic E-state index is 0.546. The van der Waals surface area contributed by atoms with Crippen LogP contribution in [0.15, 0.2) is 30.3 Å². The number of nitrogens with zero attached hydrogens (tertiary/aromatic N) is 1. The number of quaternary nitrogens is 1. The first-order chi connectivity index (χ1) is 5.55. The summed E-state index contributed by atoms with van der Waals surface area (Å²) in [4.78, 5) is 10.7. The molecule has 1 aromatic carbocycles. The van der Waals surface area contributed by atoms with Gasteiger partial charge in [0.15, 0.2) is 5.69 Å². The summed E-state index contributed by atoms with van der Waals surface area (Å²) in [7, 11) is 1.41. The van der Waals surface area contributed by atoms with Crippen LogP contribution >= 0.6 is 0 Å². The first-order valence-corrected chi connectivity index (χ1v) is 3.49. The fourth-order valence-electron chi connectivity index (χ4n) is 0.848. The van der Waals surface area contributed by atoms with Crippen LogP contribution < -0.4 is 10.4 Å². The third-order valence-corrected chi connectivity index (χ3v) is 1.69. The molecule has 0 aromatic heterocycles. The Hall–Kier alpha value is -1.39. The molecule has 1 atom stereocenters. The molecule has 1 unspecified atom stereocenters. The molecule has 0 heterocycles. The maximum Gasteiger partial charge on any atom is 0.538 e. The molecule has 3 N–H and O–H groups in total. The standard InChI is InChI=1S/C8H10N2O2/c1-10(9,8(11)12)7-5-3-2-4-6-7/h2-6H,9H2,1H3/p+1. The largest absolute Gasteiger partial charge is 0.538 e. The third-order valence-electron chi connectivity index (χ3n) is 1.69. The summed E-state index contributed by atoms with van der Waals surface area (Å²) in [5, 5.41) is 8.74. The highest BCUT2D eigenvalue weighted by Crippen LogP contribution is 2.15. The molecule has 4 heteroatoms. The zero-order chi connectivity index (χ0) is 9.19. The van der Waals surface area contributed by atoms with Gasteiger partial charge in [-0.2, -0.15) is 10.6 Å². The fourth-order valence-corrected chi connectivity index (χ4v) is 0.848. The van der Waals surface area contributed by atoms with Crippen molar-refractivity contribution in [2.24, 2.45) is 5.84 Å². The molecular weight excluding hydrogens is 156 g/mol. The Bertz CT molecular complexity index is 282. The van der Waals surface area contributed by atoms with Crippen molar-refractivity contribution < 1.29 is 9.90 Å². The molecule has 0 bridgehead atoms. The number of amides is 1. The van der Waals surface area contributed by atoms with Crippen molar-refractivity contribution in [2.45, 2.75) is 0 Å². The SMILES string of the molecule is C[N+](N)(C(=O)O)c1ccccc1. The Balaban J connectivity index is 3.06. The van der Waals surface area contributed by atoms with Gasteiger partial charge in [0.2, 0.25) is 0 Å². The quantitative estimate of drug-likeness (QED) is 0.285. The lowest BCUT2D eigenvalue weighted by Crippen LogP contribution is -2.56. The number of carboxylic acid groups (broad SMARTS) is 1. The number of nitrogens with two attached hydrogens (primary N) is 1. The molecule has 1 rings (SSSR count). The van der Waals surface area contributed by atoms with Gasteiger partial charge in [0.25, 0.3) is 0 Å². The lowest BCUT2D eigenvalue weighted by atomic mass is 10.3. The summed E-state index contributed by atoms with van der Waals surface area (Å²) >= 11 is 0. The Morgan fingerprint density at radius 3 is 2.33 bits per heavy atom. The van der Waals surface area contributed by atoms with Gasteiger partial charge in [-0.3, -0.25) is 0 Å². The van der Waals surface area contributed by atoms with E-state index >= 15 is 0 Å². The van der Waals surface area contributed by atoms with E-state index in [9.17, 15) is 4.79 Å². The van der Waals surface area contributed by atoms with E-state index in [2.05, 4.69) is 0 Å². The number of hydrogen-bond acceptors (Lipinski definition) is 2. The monoisotopic (exact) mass is 167 g/mol. The van der Waals surface area contributed by atoms with Gasteiger partial charge in [0.1, 0.15) is 7.05 Å². The van der Waals surface area contributed by atoms with E-state index in [1.807, 2.05) is 6.07 Å². The van der Waals surface area contributed by atoms with E-state index < -0.39 is 10.7 Å². The Morgan fingerprint density at radius 1 is 1.42 bits per heavy atom. The van der Waals surface area contributed by atoms with E-state index in [-0.39, 0.29) is 0 Å². The Labute approximate surface area is 70.4 Å². The number of carbonyl (C=O) groups is 1. The Morgan fingerprint density at radius 2 is 1.92 bits per heavy atom. The van der Waals surface area contributed by atoms with Gasteiger partial charge < -0.3 is 5.11 Å². The van der Waals surface area contributed by atoms with E-state index in [1.165, 1.54) is 7.05 Å². The van der Waals surface area contributed by atoms with Gasteiger partial charge in [0, 0.05) is 12.1 Å². The highest BCUT2D eigenvalue weighted by atomic mass is 16.4. The van der Waals surface area contributed by atoms with Crippen LogP contribution in [0.5, 0.6) is 0 Å². The van der Waals surface area contributed by atoms with Gasteiger partial charge in [-0.25, -0.2) is 0 Å². The van der Waals surface area contributed by atoms with Gasteiger partial charge in [-0.1, -0.05) is 18.2 Å². The molecular formula is C8H11N2O2+. The van der Waals surface area contributed by atoms with E-state index in [0.717, 1.165) is 0 Å². The topological polar surface area (TPSA) is 63.3 Å². The van der Waals surface area contributed by atoms with E-state index in [0.29, 0.717) is 5.69 Å². The third kappa shape index (κ3) is 1.44. The molecule has 1 amide bonds. The average Bonchev–Trinajstić information content (AvgIpc) is 2.06. The summed E-state index contributed by atoms with van der Waals surface area (Å²) in [5.74, 6) is 5.52. The maximum atomic E-state index is 10.7. The van der Waals surface area contributed by atoms with Crippen molar-refractivity contribution in [2.75, 3.05) is 7.05 Å². The van der Waals surface area contributed by atoms with Crippen molar-refractivity contribution in [3.8, 4) is 0 Å². The van der Waals surface area contributed by atoms with Crippen LogP contribution in [-0.4, -0.2) is 18.2 Å². The molecule has 0 fully saturated rings. The molecule has 1 aromatic rings. The zero-order valence-corrected chi connectivity index (χ0v) is 6.77. The molecule has 64 valence electrons. The number of rotatable bonds is 1. The predicted molar refractivity (Wildman–Crippen MR) is 46.4 cm³/mol. The predicted octanol–water partition coefficient (Wildman–Crippen LogP) is 1.18. The maximum absolute atomic E-state index is 10.7. The first kappa shape index (κ1) is 8.70. The molecule has 0 aliphatic rings. The van der Waals surface area contributed by atoms with E-state index in [1.54, 1.807) is 24.3 Å². The molecule has 4 nitrogen and oxygen atoms in total. The van der Waals surface area contributed by atoms with Crippen LogP contribution in [-0.2, 0) is 0 Å². The second-order valence-electron chi connectivity index (χ2n) is 2.69. The first-order valence-electron chi connectivity index (χ1n) is 3.49. The smallest absolute Gasteiger partial charge is 0.434 e. The number of benzene rings is 1. The normalized spacial score (nSPS) is 15.2. The minimum atomic E-state index is -1.08. The van der Waals surface area contributed by atoms with Crippen LogP contribution in [0, 0.1) is 0 Å². The highest BCUT2D eigenvalue weighted by molar-refractivity contribution is 5.78. The van der Waals surface area contributed by atoms with Crippen LogP contribution in [0.3, 0.4) is 0 Å². The lowest BCUT2D eigenvalue weighted by Gasteiger charge is -2.19. The number of hydrogen-bond donors (Lipinski definition) is 2. The van der Waals surface area contributed by atoms with Gasteiger partial charge in [0.05, 0.1) is 0 Å². The minimum Gasteiger partial charge on any atom is -0.434 e. The summed E-state index contributed by atoms with van der Waals surface area (Å²) < 4.78 is -0.638. The zero-order valence-electron chi connectivity index (χ0n) is 6.77. The molecule has 12 heavy (non-hydrogen) atoms. The molecule has 0 aliphatic heterocycles. The highest BCUT2D eigenvalue weighted by Gasteiger charge is 2.29. The molecule has 0 saturated heterocycles. The van der Waals surface area contributed by atoms with Crippen LogP contribution in [0.2, 0.25) is 0 Å². The van der Waals surface area contributed by atoms with Crippen LogP contribution in [0.1, 0.15) is 0 Å². The van der Waals surface area contributed by atoms with Gasteiger partial charge in [-0.05, 0) is 0 Å². The summed E-state index contributed by atoms with van der Waals surface area (Å²) in [5.41, 5.74) is 0.546. The molecule has 0 saturated carbocycles. The average molecular weight is 167 g/mol. The lowest BCUT2D eigenvalue weighted by molar-refractivity contribution is 0.157. The molecule has 0 spiro atoms. The molecule has 0 radical (unpaired) electrons. The fraction of sp³-hybridized carbons (Fsp3) is 0.125. The molecule has 0 aliphatic carbocycles. The summed E-state index contributed by atoms with van der Waals surface area (Å²) in [6, 6.07) is 8.66. The number of para-hydroxylation sites is 1. The van der Waals surface area contributed by atoms with E-state index in [4.69, 9.17) is 10.9 Å². The second-order valence-corrected chi connectivity index (χ2v) is 2.69. The second kappa shape index (κ2) is 2.92. The summed E-state index contributed by atoms with van der Waals surface area (Å²) in [6.45, 7) is 0. The van der Waals surface area contributed by atoms with Crippen molar-refractivity contribution in [1.29, 1.82) is 0 Å². The Kier molecular flexibility index (Phi) is 2.12. The van der Waals surface area contributed by atoms with Gasteiger partial charge in [-0.15, -0.1) is 4.59 Å². The summed E-state index contributed by atoms with van der Waals surface area (Å²) in [6.07, 6.45) is -1.08. The van der Waals surface area contributed by atoms with Crippen molar-refractivity contribution >= 4 is 11.8 Å².